The molecule has 0 amide bonds. The number of hydrogen-bond donors (Lipinski definition) is 4. The Labute approximate surface area is 180 Å². The summed E-state index contributed by atoms with van der Waals surface area (Å²) in [6.07, 6.45) is -3.73. The first kappa shape index (κ1) is 21.3. The fourth-order valence-corrected chi connectivity index (χ4v) is 8.07. The smallest absolute Gasteiger partial charge is 0.348 e. The Balaban J connectivity index is 1.75. The molecule has 12 atom stereocenters. The number of aliphatic hydroxyl groups excluding tert-OH is 3. The van der Waals surface area contributed by atoms with Crippen molar-refractivity contribution in [1.82, 2.24) is 0 Å². The minimum absolute atomic E-state index is 0.0240. The predicted octanol–water partition coefficient (Wildman–Crippen LogP) is -0.500. The number of aliphatic hydroxyl groups is 4. The van der Waals surface area contributed by atoms with E-state index in [0.717, 1.165) is 5.57 Å². The summed E-state index contributed by atoms with van der Waals surface area (Å²) in [6.45, 7) is 6.51. The van der Waals surface area contributed by atoms with E-state index in [1.165, 1.54) is 6.92 Å². The lowest BCUT2D eigenvalue weighted by Gasteiger charge is -2.68. The molecule has 4 fully saturated rings. The lowest BCUT2D eigenvalue weighted by atomic mass is 9.38. The van der Waals surface area contributed by atoms with Crippen molar-refractivity contribution in [1.29, 1.82) is 0 Å². The van der Waals surface area contributed by atoms with E-state index < -0.39 is 76.8 Å². The van der Waals surface area contributed by atoms with Gasteiger partial charge in [-0.1, -0.05) is 25.5 Å². The average molecular weight is 438 g/mol. The topological polar surface area (TPSA) is 143 Å². The van der Waals surface area contributed by atoms with Crippen LogP contribution in [0.3, 0.4) is 0 Å². The summed E-state index contributed by atoms with van der Waals surface area (Å²) in [7, 11) is 0. The summed E-state index contributed by atoms with van der Waals surface area (Å²) in [5.41, 5.74) is -1.25. The Morgan fingerprint density at radius 1 is 1.26 bits per heavy atom. The van der Waals surface area contributed by atoms with Crippen LogP contribution in [0.2, 0.25) is 0 Å². The molecule has 1 spiro atoms. The summed E-state index contributed by atoms with van der Waals surface area (Å²) in [4.78, 5) is 24.7. The Hall–Kier alpha value is -1.52. The van der Waals surface area contributed by atoms with Crippen LogP contribution in [0.25, 0.3) is 0 Å². The third-order valence-electron chi connectivity index (χ3n) is 9.09. The number of ether oxygens (including phenoxy) is 3. The van der Waals surface area contributed by atoms with Crippen LogP contribution in [-0.2, 0) is 23.8 Å². The van der Waals surface area contributed by atoms with Crippen molar-refractivity contribution < 1.29 is 44.2 Å². The third kappa shape index (κ3) is 2.29. The number of allylic oxidation sites excluding steroid dienone is 1. The number of esters is 2. The van der Waals surface area contributed by atoms with E-state index in [0.29, 0.717) is 6.42 Å². The molecule has 12 unspecified atom stereocenters. The van der Waals surface area contributed by atoms with Gasteiger partial charge in [-0.05, 0) is 25.2 Å². The maximum atomic E-state index is 12.9. The van der Waals surface area contributed by atoms with E-state index in [-0.39, 0.29) is 12.5 Å². The summed E-state index contributed by atoms with van der Waals surface area (Å²) >= 11 is 0. The molecule has 5 aliphatic rings. The zero-order valence-corrected chi connectivity index (χ0v) is 18.0. The van der Waals surface area contributed by atoms with Gasteiger partial charge < -0.3 is 34.6 Å². The van der Waals surface area contributed by atoms with Crippen LogP contribution in [0.4, 0.5) is 0 Å². The van der Waals surface area contributed by atoms with Crippen LogP contribution >= 0.6 is 0 Å². The van der Waals surface area contributed by atoms with Crippen LogP contribution in [0.5, 0.6) is 0 Å². The van der Waals surface area contributed by atoms with Crippen LogP contribution < -0.4 is 0 Å². The minimum Gasteiger partial charge on any atom is -0.459 e. The summed E-state index contributed by atoms with van der Waals surface area (Å²) < 4.78 is 17.1. The van der Waals surface area contributed by atoms with Gasteiger partial charge in [0, 0.05) is 29.6 Å². The van der Waals surface area contributed by atoms with E-state index in [1.54, 1.807) is 19.9 Å². The fourth-order valence-electron chi connectivity index (χ4n) is 8.07. The van der Waals surface area contributed by atoms with Crippen molar-refractivity contribution in [3.8, 4) is 0 Å². The second kappa shape index (κ2) is 6.29. The monoisotopic (exact) mass is 438 g/mol. The van der Waals surface area contributed by atoms with Crippen molar-refractivity contribution in [2.45, 2.75) is 70.4 Å². The first-order valence-electron chi connectivity index (χ1n) is 10.9. The van der Waals surface area contributed by atoms with Crippen molar-refractivity contribution in [2.75, 3.05) is 6.61 Å². The van der Waals surface area contributed by atoms with Crippen molar-refractivity contribution in [3.05, 3.63) is 11.6 Å². The van der Waals surface area contributed by atoms with Gasteiger partial charge in [-0.15, -0.1) is 0 Å². The summed E-state index contributed by atoms with van der Waals surface area (Å²) in [6, 6.07) is 0. The van der Waals surface area contributed by atoms with E-state index in [2.05, 4.69) is 0 Å². The second-order valence-corrected chi connectivity index (χ2v) is 10.4. The summed E-state index contributed by atoms with van der Waals surface area (Å²) in [5, 5.41) is 44.7. The molecule has 2 bridgehead atoms. The number of carbonyl (C=O) groups is 2. The molecule has 9 nitrogen and oxygen atoms in total. The molecule has 31 heavy (non-hydrogen) atoms. The van der Waals surface area contributed by atoms with E-state index in [9.17, 15) is 30.0 Å². The van der Waals surface area contributed by atoms with Gasteiger partial charge in [0.25, 0.3) is 0 Å². The molecule has 3 aliphatic carbocycles. The molecule has 0 aromatic rings. The lowest BCUT2D eigenvalue weighted by Crippen LogP contribution is -2.78. The molecule has 9 heteroatoms. The molecule has 0 aromatic carbocycles. The van der Waals surface area contributed by atoms with Crippen molar-refractivity contribution in [2.24, 2.45) is 34.5 Å². The Bertz CT molecular complexity index is 871. The molecular formula is C22H30O9. The molecule has 0 aromatic heterocycles. The molecule has 2 saturated carbocycles. The van der Waals surface area contributed by atoms with Gasteiger partial charge in [0.15, 0.2) is 5.79 Å². The first-order valence-corrected chi connectivity index (χ1v) is 10.9. The highest BCUT2D eigenvalue weighted by molar-refractivity contribution is 5.80. The van der Waals surface area contributed by atoms with Gasteiger partial charge in [-0.25, -0.2) is 4.79 Å². The number of fused-ring (bicyclic) bond motifs is 1. The van der Waals surface area contributed by atoms with Crippen molar-refractivity contribution in [3.63, 3.8) is 0 Å². The fraction of sp³-hybridized carbons (Fsp3) is 0.818. The standard InChI is InChI=1S/C22H30O9/c1-8-5-12(24)17(26)20(4)11(8)6-13-21-7-29-22(28,19(20)21)16(25)9(2)14(21)15(18(27)31-13)30-10(3)23/h5,9,11-17,19,24-26,28H,6-7H2,1-4H3. The van der Waals surface area contributed by atoms with E-state index in [4.69, 9.17) is 14.2 Å². The maximum Gasteiger partial charge on any atom is 0.348 e. The van der Waals surface area contributed by atoms with E-state index in [1.807, 2.05) is 6.92 Å². The Morgan fingerprint density at radius 3 is 2.58 bits per heavy atom. The van der Waals surface area contributed by atoms with Crippen LogP contribution in [0, 0.1) is 34.5 Å². The molecule has 2 aliphatic heterocycles. The zero-order chi connectivity index (χ0) is 22.7. The highest BCUT2D eigenvalue weighted by atomic mass is 16.7. The van der Waals surface area contributed by atoms with Crippen molar-refractivity contribution >= 4 is 11.9 Å². The molecule has 4 N–H and O–H groups in total. The highest BCUT2D eigenvalue weighted by Crippen LogP contribution is 2.73. The minimum atomic E-state index is -2.01. The van der Waals surface area contributed by atoms with Gasteiger partial charge in [0.05, 0.1) is 18.8 Å². The summed E-state index contributed by atoms with van der Waals surface area (Å²) in [5.74, 6) is -5.85. The molecule has 2 heterocycles. The first-order chi connectivity index (χ1) is 14.4. The molecular weight excluding hydrogens is 408 g/mol. The molecule has 0 radical (unpaired) electrons. The van der Waals surface area contributed by atoms with Crippen LogP contribution in [-0.4, -0.2) is 75.3 Å². The quantitative estimate of drug-likeness (QED) is 0.315. The number of carbonyl (C=O) groups excluding carboxylic acids is 2. The maximum absolute atomic E-state index is 12.9. The zero-order valence-electron chi connectivity index (χ0n) is 18.0. The van der Waals surface area contributed by atoms with Crippen LogP contribution in [0.1, 0.15) is 34.1 Å². The highest BCUT2D eigenvalue weighted by Gasteiger charge is 2.83. The normalized spacial score (nSPS) is 57.4. The lowest BCUT2D eigenvalue weighted by molar-refractivity contribution is -0.345. The van der Waals surface area contributed by atoms with Crippen LogP contribution in [0.15, 0.2) is 11.6 Å². The third-order valence-corrected chi connectivity index (χ3v) is 9.09. The Kier molecular flexibility index (Phi) is 4.33. The molecule has 2 saturated heterocycles. The predicted molar refractivity (Wildman–Crippen MR) is 103 cm³/mol. The van der Waals surface area contributed by atoms with Gasteiger partial charge >= 0.3 is 11.9 Å². The largest absolute Gasteiger partial charge is 0.459 e. The molecule has 172 valence electrons. The number of rotatable bonds is 1. The molecule has 5 rings (SSSR count). The van der Waals surface area contributed by atoms with E-state index >= 15 is 0 Å². The van der Waals surface area contributed by atoms with Gasteiger partial charge in [-0.2, -0.15) is 0 Å². The Morgan fingerprint density at radius 2 is 1.94 bits per heavy atom. The average Bonchev–Trinajstić information content (AvgIpc) is 2.97. The second-order valence-electron chi connectivity index (χ2n) is 10.4. The number of hydrogen-bond acceptors (Lipinski definition) is 9. The SMILES string of the molecule is CC(=O)OC1C(=O)OC2CC3C(C)=CC(O)C(O)C3(C)C3C4(O)OCC23C1C(C)C4O. The van der Waals surface area contributed by atoms with Gasteiger partial charge in [-0.3, -0.25) is 4.79 Å². The van der Waals surface area contributed by atoms with Gasteiger partial charge in [0.2, 0.25) is 6.10 Å². The van der Waals surface area contributed by atoms with Gasteiger partial charge in [0.1, 0.15) is 12.2 Å².